The third-order valence-corrected chi connectivity index (χ3v) is 2.78. The quantitative estimate of drug-likeness (QED) is 0.613. The summed E-state index contributed by atoms with van der Waals surface area (Å²) in [6.07, 6.45) is 2.17. The van der Waals surface area contributed by atoms with Gasteiger partial charge in [-0.05, 0) is 31.9 Å². The van der Waals surface area contributed by atoms with Crippen molar-refractivity contribution in [3.8, 4) is 5.75 Å². The maximum atomic E-state index is 11.5. The average Bonchev–Trinajstić information content (AvgIpc) is 3.08. The maximum Gasteiger partial charge on any atom is 0.191 e. The Labute approximate surface area is 153 Å². The molecule has 1 saturated heterocycles. The summed E-state index contributed by atoms with van der Waals surface area (Å²) in [6, 6.07) is 6.95. The van der Waals surface area contributed by atoms with E-state index in [4.69, 9.17) is 19.7 Å². The van der Waals surface area contributed by atoms with E-state index in [1.54, 1.807) is 31.2 Å². The van der Waals surface area contributed by atoms with Crippen LogP contribution in [-0.2, 0) is 25.8 Å². The van der Waals surface area contributed by atoms with E-state index < -0.39 is 6.61 Å². The van der Waals surface area contributed by atoms with Crippen molar-refractivity contribution in [2.75, 3.05) is 26.4 Å². The van der Waals surface area contributed by atoms with Crippen LogP contribution in [0.4, 0.5) is 0 Å². The van der Waals surface area contributed by atoms with Gasteiger partial charge in [0.2, 0.25) is 0 Å². The molecule has 1 aromatic carbocycles. The molecule has 1 aliphatic rings. The second-order valence-corrected chi connectivity index (χ2v) is 4.34. The number of ketones is 1. The molecule has 0 amide bonds. The number of carbonyl (C=O) groups excluding carboxylic acids is 1. The molecule has 1 aliphatic heterocycles. The standard InChI is InChI=1S/C13H16O4.C2H6O.C2H6.W/c14-8-12(15)11-5-1-2-6-13(11)17-9-10-4-3-7-16-10;1-2-3;1-2;/h1-2,5-6,10,14H,3-4,7-9H2;3H,2H2,1H3;1-2H3;. The second kappa shape index (κ2) is 16.1. The Bertz CT molecular complexity index is 406. The van der Waals surface area contributed by atoms with E-state index in [1.807, 2.05) is 13.8 Å². The van der Waals surface area contributed by atoms with E-state index in [1.165, 1.54) is 0 Å². The minimum atomic E-state index is -0.500. The Hall–Kier alpha value is -0.742. The second-order valence-electron chi connectivity index (χ2n) is 4.34. The Balaban J connectivity index is 0. The Morgan fingerprint density at radius 3 is 2.43 bits per heavy atom. The van der Waals surface area contributed by atoms with E-state index in [0.717, 1.165) is 19.4 Å². The van der Waals surface area contributed by atoms with Crippen LogP contribution in [0.2, 0.25) is 0 Å². The van der Waals surface area contributed by atoms with Crippen molar-refractivity contribution in [3.05, 3.63) is 29.8 Å². The number of aliphatic hydroxyl groups excluding tert-OH is 2. The van der Waals surface area contributed by atoms with Crippen molar-refractivity contribution < 1.29 is 45.5 Å². The first-order valence-corrected chi connectivity index (χ1v) is 7.81. The summed E-state index contributed by atoms with van der Waals surface area (Å²) in [6.45, 7) is 6.67. The number of hydrogen-bond donors (Lipinski definition) is 2. The number of para-hydroxylation sites is 1. The first-order chi connectivity index (χ1) is 10.7. The fourth-order valence-corrected chi connectivity index (χ4v) is 1.87. The number of carbonyl (C=O) groups is 1. The van der Waals surface area contributed by atoms with Crippen molar-refractivity contribution in [2.45, 2.75) is 39.7 Å². The molecular formula is C17H28O5W. The van der Waals surface area contributed by atoms with Crippen LogP contribution in [-0.4, -0.2) is 48.5 Å². The SMILES string of the molecule is CC.CCO.O=C(CO)c1ccccc1OCC1CCCO1.[W]. The van der Waals surface area contributed by atoms with E-state index in [2.05, 4.69) is 0 Å². The van der Waals surface area contributed by atoms with Crippen LogP contribution in [0.15, 0.2) is 24.3 Å². The molecule has 2 rings (SSSR count). The third kappa shape index (κ3) is 9.87. The maximum absolute atomic E-state index is 11.5. The van der Waals surface area contributed by atoms with E-state index in [-0.39, 0.29) is 39.6 Å². The van der Waals surface area contributed by atoms with Gasteiger partial charge in [0.25, 0.3) is 0 Å². The number of rotatable bonds is 5. The molecule has 0 bridgehead atoms. The van der Waals surface area contributed by atoms with Crippen LogP contribution in [0.5, 0.6) is 5.75 Å². The van der Waals surface area contributed by atoms with Gasteiger partial charge in [-0.15, -0.1) is 0 Å². The molecule has 0 radical (unpaired) electrons. The van der Waals surface area contributed by atoms with Gasteiger partial charge >= 0.3 is 0 Å². The summed E-state index contributed by atoms with van der Waals surface area (Å²) in [5, 5.41) is 16.4. The first-order valence-electron chi connectivity index (χ1n) is 7.81. The first kappa shape index (κ1) is 24.5. The van der Waals surface area contributed by atoms with Crippen LogP contribution in [0, 0.1) is 0 Å². The monoisotopic (exact) mass is 496 g/mol. The van der Waals surface area contributed by atoms with Crippen molar-refractivity contribution in [3.63, 3.8) is 0 Å². The largest absolute Gasteiger partial charge is 0.490 e. The number of ether oxygens (including phenoxy) is 2. The van der Waals surface area contributed by atoms with Gasteiger partial charge in [-0.3, -0.25) is 4.79 Å². The Morgan fingerprint density at radius 2 is 1.91 bits per heavy atom. The van der Waals surface area contributed by atoms with Crippen molar-refractivity contribution >= 4 is 5.78 Å². The minimum absolute atomic E-state index is 0. The molecule has 0 aliphatic carbocycles. The molecule has 1 unspecified atom stereocenters. The number of hydrogen-bond acceptors (Lipinski definition) is 5. The molecule has 1 atom stereocenters. The van der Waals surface area contributed by atoms with E-state index in [0.29, 0.717) is 17.9 Å². The van der Waals surface area contributed by atoms with Crippen molar-refractivity contribution in [2.24, 2.45) is 0 Å². The Kier molecular flexibility index (Phi) is 17.2. The molecule has 132 valence electrons. The number of benzene rings is 1. The zero-order valence-electron chi connectivity index (χ0n) is 14.2. The molecule has 5 nitrogen and oxygen atoms in total. The van der Waals surface area contributed by atoms with E-state index in [9.17, 15) is 4.79 Å². The van der Waals surface area contributed by atoms with Gasteiger partial charge in [0.1, 0.15) is 19.0 Å². The molecule has 23 heavy (non-hydrogen) atoms. The predicted octanol–water partition coefficient (Wildman–Crippen LogP) is 2.44. The molecule has 1 aromatic rings. The fraction of sp³-hybridized carbons (Fsp3) is 0.588. The molecule has 1 heterocycles. The summed E-state index contributed by atoms with van der Waals surface area (Å²) < 4.78 is 11.0. The molecule has 0 spiro atoms. The normalized spacial score (nSPS) is 15.3. The molecular weight excluding hydrogens is 468 g/mol. The van der Waals surface area contributed by atoms with Gasteiger partial charge in [0.15, 0.2) is 5.78 Å². The van der Waals surface area contributed by atoms with Gasteiger partial charge < -0.3 is 19.7 Å². The van der Waals surface area contributed by atoms with Gasteiger partial charge in [0, 0.05) is 34.3 Å². The zero-order valence-corrected chi connectivity index (χ0v) is 17.1. The molecule has 1 fully saturated rings. The number of Topliss-reactive ketones (excluding diaryl/α,β-unsaturated/α-hetero) is 1. The summed E-state index contributed by atoms with van der Waals surface area (Å²) in [5.41, 5.74) is 0.424. The molecule has 0 aromatic heterocycles. The number of aliphatic hydroxyl groups is 2. The average molecular weight is 496 g/mol. The predicted molar refractivity (Wildman–Crippen MR) is 86.4 cm³/mol. The fourth-order valence-electron chi connectivity index (χ4n) is 1.87. The van der Waals surface area contributed by atoms with E-state index >= 15 is 0 Å². The summed E-state index contributed by atoms with van der Waals surface area (Å²) in [4.78, 5) is 11.5. The summed E-state index contributed by atoms with van der Waals surface area (Å²) >= 11 is 0. The van der Waals surface area contributed by atoms with Crippen LogP contribution in [0.25, 0.3) is 0 Å². The van der Waals surface area contributed by atoms with Crippen molar-refractivity contribution in [1.29, 1.82) is 0 Å². The van der Waals surface area contributed by atoms with Gasteiger partial charge in [-0.25, -0.2) is 0 Å². The van der Waals surface area contributed by atoms with Crippen LogP contribution < -0.4 is 4.74 Å². The molecule has 6 heteroatoms. The molecule has 0 saturated carbocycles. The van der Waals surface area contributed by atoms with Crippen LogP contribution in [0.3, 0.4) is 0 Å². The smallest absolute Gasteiger partial charge is 0.191 e. The molecule has 2 N–H and O–H groups in total. The minimum Gasteiger partial charge on any atom is -0.490 e. The van der Waals surface area contributed by atoms with Gasteiger partial charge in [0.05, 0.1) is 11.7 Å². The van der Waals surface area contributed by atoms with Crippen molar-refractivity contribution in [1.82, 2.24) is 0 Å². The Morgan fingerprint density at radius 1 is 1.30 bits per heavy atom. The summed E-state index contributed by atoms with van der Waals surface area (Å²) in [5.74, 6) is 0.190. The van der Waals surface area contributed by atoms with Crippen LogP contribution in [0.1, 0.15) is 44.0 Å². The third-order valence-electron chi connectivity index (χ3n) is 2.78. The topological polar surface area (TPSA) is 76.0 Å². The summed E-state index contributed by atoms with van der Waals surface area (Å²) in [7, 11) is 0. The van der Waals surface area contributed by atoms with Gasteiger partial charge in [-0.1, -0.05) is 26.0 Å². The van der Waals surface area contributed by atoms with Crippen LogP contribution >= 0.6 is 0 Å². The van der Waals surface area contributed by atoms with Gasteiger partial charge in [-0.2, -0.15) is 0 Å². The zero-order chi connectivity index (χ0) is 16.8.